The maximum atomic E-state index is 13.5. The number of alkyl halides is 3. The summed E-state index contributed by atoms with van der Waals surface area (Å²) in [5.41, 5.74) is -0.278. The monoisotopic (exact) mass is 399 g/mol. The van der Waals surface area contributed by atoms with E-state index in [2.05, 4.69) is 10.2 Å². The van der Waals surface area contributed by atoms with Crippen molar-refractivity contribution in [3.8, 4) is 0 Å². The summed E-state index contributed by atoms with van der Waals surface area (Å²) < 4.78 is 65.5. The fourth-order valence-electron chi connectivity index (χ4n) is 1.98. The van der Waals surface area contributed by atoms with Crippen LogP contribution in [0.3, 0.4) is 0 Å². The van der Waals surface area contributed by atoms with E-state index in [9.17, 15) is 21.6 Å². The van der Waals surface area contributed by atoms with Gasteiger partial charge < -0.3 is 0 Å². The van der Waals surface area contributed by atoms with E-state index in [1.165, 1.54) is 12.1 Å². The predicted molar refractivity (Wildman–Crippen MR) is 82.2 cm³/mol. The Labute approximate surface area is 146 Å². The molecule has 1 heterocycles. The average Bonchev–Trinajstić information content (AvgIpc) is 2.48. The molecule has 0 bridgehead atoms. The number of rotatable bonds is 4. The quantitative estimate of drug-likeness (QED) is 0.785. The zero-order valence-corrected chi connectivity index (χ0v) is 14.3. The van der Waals surface area contributed by atoms with Crippen molar-refractivity contribution in [3.63, 3.8) is 0 Å². The molecule has 0 saturated carbocycles. The molecule has 1 atom stereocenters. The Hall–Kier alpha value is -1.42. The van der Waals surface area contributed by atoms with E-state index in [0.29, 0.717) is 0 Å². The van der Waals surface area contributed by atoms with Crippen molar-refractivity contribution in [2.45, 2.75) is 17.2 Å². The largest absolute Gasteiger partial charge is 0.409 e. The van der Waals surface area contributed by atoms with Crippen molar-refractivity contribution in [2.75, 3.05) is 7.05 Å². The van der Waals surface area contributed by atoms with E-state index in [-0.39, 0.29) is 20.0 Å². The maximum absolute atomic E-state index is 13.5. The highest BCUT2D eigenvalue weighted by Crippen LogP contribution is 2.39. The molecule has 1 aromatic heterocycles. The van der Waals surface area contributed by atoms with Crippen LogP contribution in [0.25, 0.3) is 0 Å². The maximum Gasteiger partial charge on any atom is 0.409 e. The average molecular weight is 400 g/mol. The molecule has 5 nitrogen and oxygen atoms in total. The first kappa shape index (κ1) is 18.9. The van der Waals surface area contributed by atoms with Gasteiger partial charge in [0, 0.05) is 12.1 Å². The minimum atomic E-state index is -4.85. The van der Waals surface area contributed by atoms with E-state index < -0.39 is 27.3 Å². The standard InChI is InChI=1S/C13H10Cl2F3N3O2S/c1-21(24(22,23)11-7-6-10(15)19-20-11)12(13(16,17)18)8-2-4-9(14)5-3-8/h2-7,12H,1H3/t12-/m1/s1. The van der Waals surface area contributed by atoms with Crippen molar-refractivity contribution in [3.05, 3.63) is 52.1 Å². The van der Waals surface area contributed by atoms with Gasteiger partial charge >= 0.3 is 6.18 Å². The second kappa shape index (κ2) is 6.83. The first-order chi connectivity index (χ1) is 11.0. The SMILES string of the molecule is CN([C@H](c1ccc(Cl)cc1)C(F)(F)F)S(=O)(=O)c1ccc(Cl)nn1. The molecule has 0 N–H and O–H groups in total. The first-order valence-corrected chi connectivity index (χ1v) is 8.52. The lowest BCUT2D eigenvalue weighted by molar-refractivity contribution is -0.171. The predicted octanol–water partition coefficient (Wildman–Crippen LogP) is 3.71. The summed E-state index contributed by atoms with van der Waals surface area (Å²) in [6.45, 7) is 0. The molecule has 2 rings (SSSR count). The van der Waals surface area contributed by atoms with Gasteiger partial charge in [-0.1, -0.05) is 35.3 Å². The van der Waals surface area contributed by atoms with Gasteiger partial charge in [0.05, 0.1) is 0 Å². The van der Waals surface area contributed by atoms with Crippen LogP contribution in [0.5, 0.6) is 0 Å². The molecule has 0 radical (unpaired) electrons. The van der Waals surface area contributed by atoms with Crippen molar-refractivity contribution in [1.82, 2.24) is 14.5 Å². The van der Waals surface area contributed by atoms with E-state index in [1.54, 1.807) is 0 Å². The van der Waals surface area contributed by atoms with E-state index >= 15 is 0 Å². The number of hydrogen-bond donors (Lipinski definition) is 0. The molecule has 0 aliphatic carbocycles. The van der Waals surface area contributed by atoms with Crippen molar-refractivity contribution < 1.29 is 21.6 Å². The fraction of sp³-hybridized carbons (Fsp3) is 0.231. The first-order valence-electron chi connectivity index (χ1n) is 6.33. The second-order valence-corrected chi connectivity index (χ2v) is 7.48. The van der Waals surface area contributed by atoms with Gasteiger partial charge in [-0.3, -0.25) is 0 Å². The van der Waals surface area contributed by atoms with Crippen molar-refractivity contribution in [2.24, 2.45) is 0 Å². The Bertz CT molecular complexity index is 812. The normalized spacial score (nSPS) is 14.0. The highest BCUT2D eigenvalue weighted by Gasteiger charge is 2.48. The third-order valence-electron chi connectivity index (χ3n) is 3.11. The summed E-state index contributed by atoms with van der Waals surface area (Å²) in [4.78, 5) is 0. The highest BCUT2D eigenvalue weighted by atomic mass is 35.5. The van der Waals surface area contributed by atoms with Gasteiger partial charge in [-0.05, 0) is 29.8 Å². The number of hydrogen-bond acceptors (Lipinski definition) is 4. The molecule has 0 aliphatic rings. The lowest BCUT2D eigenvalue weighted by Crippen LogP contribution is -2.40. The van der Waals surface area contributed by atoms with E-state index in [4.69, 9.17) is 23.2 Å². The van der Waals surface area contributed by atoms with Crippen molar-refractivity contribution in [1.29, 1.82) is 0 Å². The van der Waals surface area contributed by atoms with Gasteiger partial charge in [0.15, 0.2) is 10.2 Å². The van der Waals surface area contributed by atoms with Gasteiger partial charge in [-0.15, -0.1) is 10.2 Å². The molecule has 0 aliphatic heterocycles. The molecule has 11 heteroatoms. The Morgan fingerprint density at radius 3 is 2.08 bits per heavy atom. The van der Waals surface area contributed by atoms with Crippen LogP contribution in [-0.2, 0) is 10.0 Å². The van der Waals surface area contributed by atoms with Crippen LogP contribution in [0.2, 0.25) is 10.2 Å². The van der Waals surface area contributed by atoms with E-state index in [1.807, 2.05) is 0 Å². The minimum Gasteiger partial charge on any atom is -0.205 e. The van der Waals surface area contributed by atoms with E-state index in [0.717, 1.165) is 31.3 Å². The number of sulfonamides is 1. The Morgan fingerprint density at radius 1 is 1.04 bits per heavy atom. The van der Waals surface area contributed by atoms with Gasteiger partial charge in [-0.25, -0.2) is 8.42 Å². The summed E-state index contributed by atoms with van der Waals surface area (Å²) in [6.07, 6.45) is -4.85. The lowest BCUT2D eigenvalue weighted by Gasteiger charge is -2.29. The molecule has 24 heavy (non-hydrogen) atoms. The molecule has 0 unspecified atom stereocenters. The number of benzene rings is 1. The molecule has 0 amide bonds. The molecule has 2 aromatic rings. The van der Waals surface area contributed by atoms with Crippen LogP contribution < -0.4 is 0 Å². The summed E-state index contributed by atoms with van der Waals surface area (Å²) in [7, 11) is -3.73. The Morgan fingerprint density at radius 2 is 1.62 bits per heavy atom. The summed E-state index contributed by atoms with van der Waals surface area (Å²) in [5.74, 6) is 0. The molecule has 130 valence electrons. The summed E-state index contributed by atoms with van der Waals surface area (Å²) >= 11 is 11.2. The summed E-state index contributed by atoms with van der Waals surface area (Å²) in [5, 5.41) is 6.20. The molecule has 0 saturated heterocycles. The number of aromatic nitrogens is 2. The molecular formula is C13H10Cl2F3N3O2S. The van der Waals surface area contributed by atoms with Crippen LogP contribution >= 0.6 is 23.2 Å². The van der Waals surface area contributed by atoms with Crippen molar-refractivity contribution >= 4 is 33.2 Å². The van der Waals surface area contributed by atoms with Crippen LogP contribution in [0, 0.1) is 0 Å². The van der Waals surface area contributed by atoms with Crippen LogP contribution in [0.1, 0.15) is 11.6 Å². The Balaban J connectivity index is 2.50. The van der Waals surface area contributed by atoms with Gasteiger partial charge in [0.25, 0.3) is 10.0 Å². The molecule has 1 aromatic carbocycles. The second-order valence-electron chi connectivity index (χ2n) is 4.71. The van der Waals surface area contributed by atoms with Gasteiger partial charge in [0.2, 0.25) is 0 Å². The molecule has 0 fully saturated rings. The van der Waals surface area contributed by atoms with Crippen LogP contribution in [0.4, 0.5) is 13.2 Å². The number of halogens is 5. The minimum absolute atomic E-state index is 0.0818. The zero-order valence-electron chi connectivity index (χ0n) is 12.0. The molecular weight excluding hydrogens is 390 g/mol. The number of nitrogens with zero attached hydrogens (tertiary/aromatic N) is 3. The van der Waals surface area contributed by atoms with Crippen LogP contribution in [0.15, 0.2) is 41.4 Å². The summed E-state index contributed by atoms with van der Waals surface area (Å²) in [6, 6.07) is 4.42. The smallest absolute Gasteiger partial charge is 0.205 e. The third kappa shape index (κ3) is 3.97. The Kier molecular flexibility index (Phi) is 5.38. The fourth-order valence-corrected chi connectivity index (χ4v) is 3.40. The van der Waals surface area contributed by atoms with Gasteiger partial charge in [0.1, 0.15) is 6.04 Å². The topological polar surface area (TPSA) is 63.2 Å². The van der Waals surface area contributed by atoms with Gasteiger partial charge in [-0.2, -0.15) is 17.5 Å². The molecule has 0 spiro atoms. The van der Waals surface area contributed by atoms with Crippen LogP contribution in [-0.4, -0.2) is 36.1 Å². The highest BCUT2D eigenvalue weighted by molar-refractivity contribution is 7.89. The third-order valence-corrected chi connectivity index (χ3v) is 5.28. The lowest BCUT2D eigenvalue weighted by atomic mass is 10.1. The zero-order chi connectivity index (χ0) is 18.1.